The molecule has 0 bridgehead atoms. The fourth-order valence-electron chi connectivity index (χ4n) is 3.62. The Labute approximate surface area is 208 Å². The number of nitrogens with one attached hydrogen (secondary N) is 1. The summed E-state index contributed by atoms with van der Waals surface area (Å²) >= 11 is 6.34. The SMILES string of the molecule is CCc1ccc(N(CC(=O)N(Cc2ccccc2Cl)[C@H](CC)C(=O)NC(C)C)S(C)(=O)=O)cc1. The van der Waals surface area contributed by atoms with Gasteiger partial charge in [-0.1, -0.05) is 55.8 Å². The summed E-state index contributed by atoms with van der Waals surface area (Å²) in [6.45, 7) is 7.16. The Balaban J connectivity index is 2.44. The average molecular weight is 508 g/mol. The molecule has 0 saturated heterocycles. The largest absolute Gasteiger partial charge is 0.352 e. The Kier molecular flexibility index (Phi) is 9.94. The van der Waals surface area contributed by atoms with Crippen LogP contribution in [-0.4, -0.2) is 50.0 Å². The van der Waals surface area contributed by atoms with Crippen LogP contribution in [-0.2, 0) is 32.6 Å². The predicted molar refractivity (Wildman–Crippen MR) is 137 cm³/mol. The number of amides is 2. The molecule has 2 aromatic rings. The third kappa shape index (κ3) is 7.46. The molecule has 0 aliphatic heterocycles. The molecular weight excluding hydrogens is 474 g/mol. The summed E-state index contributed by atoms with van der Waals surface area (Å²) in [6, 6.07) is 13.2. The number of hydrogen-bond acceptors (Lipinski definition) is 4. The van der Waals surface area contributed by atoms with Gasteiger partial charge in [0.2, 0.25) is 21.8 Å². The van der Waals surface area contributed by atoms with E-state index in [4.69, 9.17) is 11.6 Å². The lowest BCUT2D eigenvalue weighted by atomic mass is 10.1. The van der Waals surface area contributed by atoms with E-state index in [1.165, 1.54) is 4.90 Å². The van der Waals surface area contributed by atoms with Gasteiger partial charge in [0.05, 0.1) is 11.9 Å². The summed E-state index contributed by atoms with van der Waals surface area (Å²) < 4.78 is 26.3. The minimum Gasteiger partial charge on any atom is -0.352 e. The molecule has 0 heterocycles. The van der Waals surface area contributed by atoms with Crippen LogP contribution in [0.1, 0.15) is 45.2 Å². The van der Waals surface area contributed by atoms with Gasteiger partial charge in [0.25, 0.3) is 0 Å². The Morgan fingerprint density at radius 3 is 2.15 bits per heavy atom. The van der Waals surface area contributed by atoms with E-state index in [0.29, 0.717) is 22.7 Å². The molecule has 34 heavy (non-hydrogen) atoms. The number of halogens is 1. The molecule has 0 aliphatic carbocycles. The molecule has 0 unspecified atom stereocenters. The van der Waals surface area contributed by atoms with Crippen molar-refractivity contribution in [2.24, 2.45) is 0 Å². The number of anilines is 1. The monoisotopic (exact) mass is 507 g/mol. The van der Waals surface area contributed by atoms with Crippen LogP contribution < -0.4 is 9.62 Å². The van der Waals surface area contributed by atoms with Gasteiger partial charge < -0.3 is 10.2 Å². The number of carbonyl (C=O) groups excluding carboxylic acids is 2. The molecule has 0 saturated carbocycles. The molecule has 2 rings (SSSR count). The number of nitrogens with zero attached hydrogens (tertiary/aromatic N) is 2. The molecule has 9 heteroatoms. The number of hydrogen-bond donors (Lipinski definition) is 1. The second kappa shape index (κ2) is 12.2. The molecule has 0 radical (unpaired) electrons. The van der Waals surface area contributed by atoms with E-state index in [9.17, 15) is 18.0 Å². The smallest absolute Gasteiger partial charge is 0.244 e. The third-order valence-electron chi connectivity index (χ3n) is 5.43. The summed E-state index contributed by atoms with van der Waals surface area (Å²) in [5, 5.41) is 3.33. The summed E-state index contributed by atoms with van der Waals surface area (Å²) in [7, 11) is -3.76. The zero-order chi connectivity index (χ0) is 25.5. The van der Waals surface area contributed by atoms with Crippen LogP contribution in [0, 0.1) is 0 Å². The minimum absolute atomic E-state index is 0.0783. The van der Waals surface area contributed by atoms with E-state index in [-0.39, 0.29) is 18.5 Å². The topological polar surface area (TPSA) is 86.8 Å². The highest BCUT2D eigenvalue weighted by Crippen LogP contribution is 2.22. The first kappa shape index (κ1) is 27.7. The van der Waals surface area contributed by atoms with Crippen molar-refractivity contribution in [3.8, 4) is 0 Å². The van der Waals surface area contributed by atoms with Gasteiger partial charge in [-0.05, 0) is 56.0 Å². The van der Waals surface area contributed by atoms with Crippen molar-refractivity contribution in [2.75, 3.05) is 17.1 Å². The standard InChI is InChI=1S/C25H34ClN3O4S/c1-6-19-12-14-21(15-13-19)29(34(5,32)33)17-24(30)28(16-20-10-8-9-11-22(20)26)23(7-2)25(31)27-18(3)4/h8-15,18,23H,6-7,16-17H2,1-5H3,(H,27,31)/t23-/m1/s1. The van der Waals surface area contributed by atoms with Crippen LogP contribution in [0.3, 0.4) is 0 Å². The van der Waals surface area contributed by atoms with E-state index in [0.717, 1.165) is 22.5 Å². The first-order valence-corrected chi connectivity index (χ1v) is 13.6. The summed E-state index contributed by atoms with van der Waals surface area (Å²) in [4.78, 5) is 28.0. The molecular formula is C25H34ClN3O4S. The van der Waals surface area contributed by atoms with Gasteiger partial charge in [0, 0.05) is 17.6 Å². The zero-order valence-electron chi connectivity index (χ0n) is 20.4. The third-order valence-corrected chi connectivity index (χ3v) is 6.94. The highest BCUT2D eigenvalue weighted by atomic mass is 35.5. The van der Waals surface area contributed by atoms with Crippen molar-refractivity contribution in [1.29, 1.82) is 0 Å². The lowest BCUT2D eigenvalue weighted by Gasteiger charge is -2.33. The molecule has 0 spiro atoms. The Bertz CT molecular complexity index is 1090. The van der Waals surface area contributed by atoms with Crippen molar-refractivity contribution >= 4 is 39.1 Å². The molecule has 7 nitrogen and oxygen atoms in total. The number of sulfonamides is 1. The van der Waals surface area contributed by atoms with Crippen LogP contribution in [0.4, 0.5) is 5.69 Å². The summed E-state index contributed by atoms with van der Waals surface area (Å²) in [5.74, 6) is -0.785. The van der Waals surface area contributed by atoms with Gasteiger partial charge in [0.1, 0.15) is 12.6 Å². The second-order valence-electron chi connectivity index (χ2n) is 8.49. The minimum atomic E-state index is -3.76. The fourth-order valence-corrected chi connectivity index (χ4v) is 4.67. The lowest BCUT2D eigenvalue weighted by molar-refractivity contribution is -0.140. The van der Waals surface area contributed by atoms with Gasteiger partial charge in [0.15, 0.2) is 0 Å². The molecule has 0 aliphatic rings. The highest BCUT2D eigenvalue weighted by molar-refractivity contribution is 7.92. The molecule has 0 aromatic heterocycles. The van der Waals surface area contributed by atoms with E-state index in [1.54, 1.807) is 36.4 Å². The van der Waals surface area contributed by atoms with Crippen molar-refractivity contribution < 1.29 is 18.0 Å². The van der Waals surface area contributed by atoms with Gasteiger partial charge in [-0.25, -0.2) is 8.42 Å². The molecule has 0 fully saturated rings. The fraction of sp³-hybridized carbons (Fsp3) is 0.440. The maximum absolute atomic E-state index is 13.6. The van der Waals surface area contributed by atoms with Crippen LogP contribution in [0.15, 0.2) is 48.5 Å². The van der Waals surface area contributed by atoms with Crippen LogP contribution in [0.2, 0.25) is 5.02 Å². The van der Waals surface area contributed by atoms with E-state index in [2.05, 4.69) is 5.32 Å². The quantitative estimate of drug-likeness (QED) is 0.498. The Morgan fingerprint density at radius 1 is 1.03 bits per heavy atom. The van der Waals surface area contributed by atoms with Crippen LogP contribution in [0.25, 0.3) is 0 Å². The first-order chi connectivity index (χ1) is 16.0. The predicted octanol–water partition coefficient (Wildman–Crippen LogP) is 4.00. The maximum Gasteiger partial charge on any atom is 0.244 e. The summed E-state index contributed by atoms with van der Waals surface area (Å²) in [5.41, 5.74) is 2.12. The second-order valence-corrected chi connectivity index (χ2v) is 10.8. The molecule has 1 N–H and O–H groups in total. The molecule has 1 atom stereocenters. The average Bonchev–Trinajstić information content (AvgIpc) is 2.77. The normalized spacial score (nSPS) is 12.3. The number of carbonyl (C=O) groups is 2. The maximum atomic E-state index is 13.6. The van der Waals surface area contributed by atoms with Gasteiger partial charge in [-0.15, -0.1) is 0 Å². The van der Waals surface area contributed by atoms with E-state index >= 15 is 0 Å². The van der Waals surface area contributed by atoms with E-state index in [1.807, 2.05) is 39.8 Å². The molecule has 2 amide bonds. The van der Waals surface area contributed by atoms with Crippen molar-refractivity contribution in [3.63, 3.8) is 0 Å². The van der Waals surface area contributed by atoms with E-state index < -0.39 is 28.5 Å². The van der Waals surface area contributed by atoms with Crippen LogP contribution in [0.5, 0.6) is 0 Å². The molecule has 2 aromatic carbocycles. The number of rotatable bonds is 11. The van der Waals surface area contributed by atoms with Gasteiger partial charge in [-0.3, -0.25) is 13.9 Å². The zero-order valence-corrected chi connectivity index (χ0v) is 22.0. The lowest BCUT2D eigenvalue weighted by Crippen LogP contribution is -2.53. The van der Waals surface area contributed by atoms with Crippen molar-refractivity contribution in [2.45, 2.75) is 59.2 Å². The van der Waals surface area contributed by atoms with Gasteiger partial charge in [-0.2, -0.15) is 0 Å². The Morgan fingerprint density at radius 2 is 1.65 bits per heavy atom. The van der Waals surface area contributed by atoms with Crippen molar-refractivity contribution in [3.05, 3.63) is 64.7 Å². The Hall–Kier alpha value is -2.58. The first-order valence-electron chi connectivity index (χ1n) is 11.4. The van der Waals surface area contributed by atoms with Crippen LogP contribution >= 0.6 is 11.6 Å². The highest BCUT2D eigenvalue weighted by Gasteiger charge is 2.32. The number of aryl methyl sites for hydroxylation is 1. The van der Waals surface area contributed by atoms with Crippen molar-refractivity contribution in [1.82, 2.24) is 10.2 Å². The number of benzene rings is 2. The molecule has 186 valence electrons. The van der Waals surface area contributed by atoms with Gasteiger partial charge >= 0.3 is 0 Å². The summed E-state index contributed by atoms with van der Waals surface area (Å²) in [6.07, 6.45) is 2.24.